The smallest absolute Gasteiger partial charge is 0.305 e. The second-order valence-electron chi connectivity index (χ2n) is 4.39. The maximum absolute atomic E-state index is 10.9. The van der Waals surface area contributed by atoms with Crippen LogP contribution < -0.4 is 14.8 Å². The minimum Gasteiger partial charge on any atom is -0.496 e. The molecule has 1 atom stereocenters. The number of carbonyl (C=O) groups is 1. The second kappa shape index (κ2) is 6.43. The van der Waals surface area contributed by atoms with E-state index in [9.17, 15) is 4.79 Å². The largest absolute Gasteiger partial charge is 0.496 e. The van der Waals surface area contributed by atoms with Crippen molar-refractivity contribution >= 4 is 5.97 Å². The lowest BCUT2D eigenvalue weighted by molar-refractivity contribution is -0.137. The molecule has 0 aliphatic carbocycles. The van der Waals surface area contributed by atoms with Crippen LogP contribution >= 0.6 is 0 Å². The third-order valence-corrected chi connectivity index (χ3v) is 3.35. The van der Waals surface area contributed by atoms with Gasteiger partial charge in [0.15, 0.2) is 0 Å². The van der Waals surface area contributed by atoms with Crippen LogP contribution in [-0.4, -0.2) is 32.3 Å². The van der Waals surface area contributed by atoms with Gasteiger partial charge in [0.05, 0.1) is 20.6 Å². The van der Waals surface area contributed by atoms with E-state index in [0.29, 0.717) is 5.75 Å². The molecule has 106 valence electrons. The highest BCUT2D eigenvalue weighted by atomic mass is 16.5. The summed E-state index contributed by atoms with van der Waals surface area (Å²) in [6, 6.07) is 1.52. The molecule has 0 fully saturated rings. The SMILES string of the molecule is CNC(CC(=O)O)c1cc(OC)c(C)c(C)c1OC. The van der Waals surface area contributed by atoms with Gasteiger partial charge < -0.3 is 19.9 Å². The zero-order valence-electron chi connectivity index (χ0n) is 12.0. The van der Waals surface area contributed by atoms with Gasteiger partial charge in [0.25, 0.3) is 0 Å². The van der Waals surface area contributed by atoms with Crippen LogP contribution in [0.3, 0.4) is 0 Å². The fourth-order valence-corrected chi connectivity index (χ4v) is 2.17. The lowest BCUT2D eigenvalue weighted by Crippen LogP contribution is -2.21. The van der Waals surface area contributed by atoms with Crippen LogP contribution in [0.4, 0.5) is 0 Å². The molecule has 0 aliphatic rings. The number of carboxylic acids is 1. The monoisotopic (exact) mass is 267 g/mol. The molecule has 1 rings (SSSR count). The lowest BCUT2D eigenvalue weighted by atomic mass is 9.96. The van der Waals surface area contributed by atoms with Crippen LogP contribution in [0.2, 0.25) is 0 Å². The number of hydrogen-bond donors (Lipinski definition) is 2. The highest BCUT2D eigenvalue weighted by Gasteiger charge is 2.22. The van der Waals surface area contributed by atoms with Crippen molar-refractivity contribution in [2.24, 2.45) is 0 Å². The average Bonchev–Trinajstić information content (AvgIpc) is 2.38. The molecule has 5 heteroatoms. The average molecular weight is 267 g/mol. The summed E-state index contributed by atoms with van der Waals surface area (Å²) in [6.45, 7) is 3.89. The lowest BCUT2D eigenvalue weighted by Gasteiger charge is -2.22. The summed E-state index contributed by atoms with van der Waals surface area (Å²) >= 11 is 0. The Morgan fingerprint density at radius 1 is 1.32 bits per heavy atom. The van der Waals surface area contributed by atoms with Crippen LogP contribution in [0.5, 0.6) is 11.5 Å². The van der Waals surface area contributed by atoms with Crippen molar-refractivity contribution in [1.29, 1.82) is 0 Å². The van der Waals surface area contributed by atoms with Crippen molar-refractivity contribution in [2.45, 2.75) is 26.3 Å². The summed E-state index contributed by atoms with van der Waals surface area (Å²) < 4.78 is 10.8. The Morgan fingerprint density at radius 3 is 2.37 bits per heavy atom. The van der Waals surface area contributed by atoms with Crippen molar-refractivity contribution in [3.05, 3.63) is 22.8 Å². The van der Waals surface area contributed by atoms with E-state index in [1.54, 1.807) is 21.3 Å². The van der Waals surface area contributed by atoms with Crippen LogP contribution in [-0.2, 0) is 4.79 Å². The quantitative estimate of drug-likeness (QED) is 0.825. The molecule has 0 saturated heterocycles. The molecule has 0 bridgehead atoms. The zero-order valence-corrected chi connectivity index (χ0v) is 12.0. The van der Waals surface area contributed by atoms with E-state index in [1.807, 2.05) is 19.9 Å². The van der Waals surface area contributed by atoms with Crippen molar-refractivity contribution in [1.82, 2.24) is 5.32 Å². The topological polar surface area (TPSA) is 67.8 Å². The predicted octanol–water partition coefficient (Wildman–Crippen LogP) is 2.06. The van der Waals surface area contributed by atoms with Gasteiger partial charge in [0, 0.05) is 11.6 Å². The summed E-state index contributed by atoms with van der Waals surface area (Å²) in [6.07, 6.45) is -0.0154. The summed E-state index contributed by atoms with van der Waals surface area (Å²) in [7, 11) is 4.92. The number of methoxy groups -OCH3 is 2. The number of hydrogen-bond acceptors (Lipinski definition) is 4. The van der Waals surface area contributed by atoms with Crippen LogP contribution in [0.1, 0.15) is 29.2 Å². The van der Waals surface area contributed by atoms with E-state index in [2.05, 4.69) is 5.32 Å². The number of rotatable bonds is 6. The molecule has 19 heavy (non-hydrogen) atoms. The molecule has 0 aliphatic heterocycles. The van der Waals surface area contributed by atoms with Crippen LogP contribution in [0.15, 0.2) is 6.07 Å². The molecule has 0 amide bonds. The van der Waals surface area contributed by atoms with Gasteiger partial charge >= 0.3 is 5.97 Å². The van der Waals surface area contributed by atoms with Gasteiger partial charge in [0.2, 0.25) is 0 Å². The Balaban J connectivity index is 3.38. The predicted molar refractivity (Wildman–Crippen MR) is 73.1 cm³/mol. The standard InChI is InChI=1S/C14H21NO4/c1-8-9(2)14(19-5)10(6-12(8)18-4)11(15-3)7-13(16)17/h6,11,15H,7H2,1-5H3,(H,16,17). The maximum atomic E-state index is 10.9. The molecular weight excluding hydrogens is 246 g/mol. The van der Waals surface area contributed by atoms with E-state index in [4.69, 9.17) is 14.6 Å². The zero-order chi connectivity index (χ0) is 14.6. The van der Waals surface area contributed by atoms with E-state index in [1.165, 1.54) is 0 Å². The fourth-order valence-electron chi connectivity index (χ4n) is 2.17. The molecule has 0 heterocycles. The fraction of sp³-hybridized carbons (Fsp3) is 0.500. The third kappa shape index (κ3) is 3.17. The first kappa shape index (κ1) is 15.3. The molecule has 0 aromatic heterocycles. The highest BCUT2D eigenvalue weighted by molar-refractivity contribution is 5.68. The van der Waals surface area contributed by atoms with E-state index >= 15 is 0 Å². The minimum atomic E-state index is -0.862. The van der Waals surface area contributed by atoms with Crippen molar-refractivity contribution in [3.63, 3.8) is 0 Å². The normalized spacial score (nSPS) is 12.1. The summed E-state index contributed by atoms with van der Waals surface area (Å²) in [4.78, 5) is 10.9. The van der Waals surface area contributed by atoms with Gasteiger partial charge in [-0.15, -0.1) is 0 Å². The number of nitrogens with one attached hydrogen (secondary N) is 1. The van der Waals surface area contributed by atoms with Gasteiger partial charge in [-0.2, -0.15) is 0 Å². The molecule has 1 aromatic rings. The number of ether oxygens (including phenoxy) is 2. The van der Waals surface area contributed by atoms with Gasteiger partial charge in [-0.25, -0.2) is 0 Å². The van der Waals surface area contributed by atoms with Crippen molar-refractivity contribution < 1.29 is 19.4 Å². The second-order valence-corrected chi connectivity index (χ2v) is 4.39. The van der Waals surface area contributed by atoms with E-state index in [-0.39, 0.29) is 12.5 Å². The Kier molecular flexibility index (Phi) is 5.18. The third-order valence-electron chi connectivity index (χ3n) is 3.35. The molecular formula is C14H21NO4. The molecule has 1 aromatic carbocycles. The first-order chi connectivity index (χ1) is 8.96. The van der Waals surface area contributed by atoms with Crippen molar-refractivity contribution in [2.75, 3.05) is 21.3 Å². The molecule has 0 radical (unpaired) electrons. The van der Waals surface area contributed by atoms with Gasteiger partial charge in [-0.3, -0.25) is 4.79 Å². The molecule has 0 saturated carbocycles. The van der Waals surface area contributed by atoms with Gasteiger partial charge in [0.1, 0.15) is 11.5 Å². The molecule has 5 nitrogen and oxygen atoms in total. The Labute approximate surface area is 113 Å². The van der Waals surface area contributed by atoms with E-state index < -0.39 is 5.97 Å². The Bertz CT molecular complexity index is 471. The number of aliphatic carboxylic acids is 1. The minimum absolute atomic E-state index is 0.0154. The van der Waals surface area contributed by atoms with Gasteiger partial charge in [-0.1, -0.05) is 0 Å². The first-order valence-corrected chi connectivity index (χ1v) is 6.07. The maximum Gasteiger partial charge on any atom is 0.305 e. The summed E-state index contributed by atoms with van der Waals surface area (Å²) in [5.74, 6) is 0.580. The van der Waals surface area contributed by atoms with Crippen molar-refractivity contribution in [3.8, 4) is 11.5 Å². The molecule has 1 unspecified atom stereocenters. The summed E-state index contributed by atoms with van der Waals surface area (Å²) in [5, 5.41) is 12.0. The van der Waals surface area contributed by atoms with E-state index in [0.717, 1.165) is 22.4 Å². The molecule has 2 N–H and O–H groups in total. The van der Waals surface area contributed by atoms with Crippen LogP contribution in [0.25, 0.3) is 0 Å². The Hall–Kier alpha value is -1.75. The summed E-state index contributed by atoms with van der Waals surface area (Å²) in [5.41, 5.74) is 2.75. The van der Waals surface area contributed by atoms with Crippen LogP contribution in [0, 0.1) is 13.8 Å². The molecule has 0 spiro atoms. The highest BCUT2D eigenvalue weighted by Crippen LogP contribution is 2.37. The van der Waals surface area contributed by atoms with Gasteiger partial charge in [-0.05, 0) is 38.1 Å². The Morgan fingerprint density at radius 2 is 1.95 bits per heavy atom. The first-order valence-electron chi connectivity index (χ1n) is 6.07. The number of benzene rings is 1. The number of carboxylic acid groups (broad SMARTS) is 1.